The van der Waals surface area contributed by atoms with Crippen LogP contribution in [0.2, 0.25) is 0 Å². The Morgan fingerprint density at radius 2 is 1.60 bits per heavy atom. The Kier molecular flexibility index (Phi) is 12.2. The van der Waals surface area contributed by atoms with E-state index in [0.29, 0.717) is 0 Å². The van der Waals surface area contributed by atoms with E-state index in [2.05, 4.69) is 35.1 Å². The molecule has 0 heterocycles. The minimum atomic E-state index is -0.331. The highest BCUT2D eigenvalue weighted by atomic mass is 31.0. The SMILES string of the molecule is C#C.CC/C(P)=C\C(=C/CF)CCC1CCC(C2CCCCC2)CC1. The van der Waals surface area contributed by atoms with Crippen molar-refractivity contribution in [2.45, 2.75) is 84.0 Å². The first-order chi connectivity index (χ1) is 12.2. The summed E-state index contributed by atoms with van der Waals surface area (Å²) in [6.45, 7) is 1.82. The fraction of sp³-hybridized carbons (Fsp3) is 0.739. The summed E-state index contributed by atoms with van der Waals surface area (Å²) in [4.78, 5) is 0. The largest absolute Gasteiger partial charge is 0.247 e. The average molecular weight is 365 g/mol. The van der Waals surface area contributed by atoms with Gasteiger partial charge in [-0.1, -0.05) is 69.3 Å². The lowest BCUT2D eigenvalue weighted by Crippen LogP contribution is -2.23. The molecule has 0 aromatic carbocycles. The lowest BCUT2D eigenvalue weighted by Gasteiger charge is -2.36. The minimum absolute atomic E-state index is 0.331. The molecule has 2 saturated carbocycles. The van der Waals surface area contributed by atoms with Gasteiger partial charge in [-0.3, -0.25) is 0 Å². The Morgan fingerprint density at radius 1 is 1.00 bits per heavy atom. The normalized spacial score (nSPS) is 26.0. The van der Waals surface area contributed by atoms with Gasteiger partial charge in [-0.2, -0.15) is 0 Å². The number of allylic oxidation sites excluding steroid dienone is 4. The second kappa shape index (κ2) is 13.6. The molecule has 2 fully saturated rings. The van der Waals surface area contributed by atoms with Gasteiger partial charge in [0, 0.05) is 0 Å². The number of alkyl halides is 1. The third kappa shape index (κ3) is 8.55. The minimum Gasteiger partial charge on any atom is -0.247 e. The Bertz CT molecular complexity index is 421. The first-order valence-corrected chi connectivity index (χ1v) is 10.8. The number of hydrogen-bond donors (Lipinski definition) is 0. The fourth-order valence-electron chi connectivity index (χ4n) is 4.60. The Labute approximate surface area is 158 Å². The second-order valence-electron chi connectivity index (χ2n) is 7.72. The van der Waals surface area contributed by atoms with Gasteiger partial charge >= 0.3 is 0 Å². The molecule has 0 aromatic rings. The smallest absolute Gasteiger partial charge is 0.108 e. The third-order valence-corrected chi connectivity index (χ3v) is 6.74. The van der Waals surface area contributed by atoms with E-state index in [-0.39, 0.29) is 6.67 Å². The lowest BCUT2D eigenvalue weighted by molar-refractivity contribution is 0.164. The van der Waals surface area contributed by atoms with E-state index < -0.39 is 0 Å². The zero-order chi connectivity index (χ0) is 18.5. The Balaban J connectivity index is 0.00000151. The first-order valence-electron chi connectivity index (χ1n) is 10.3. The van der Waals surface area contributed by atoms with Crippen LogP contribution in [0.25, 0.3) is 0 Å². The molecule has 0 bridgehead atoms. The van der Waals surface area contributed by atoms with Gasteiger partial charge in [0.2, 0.25) is 0 Å². The summed E-state index contributed by atoms with van der Waals surface area (Å²) >= 11 is 0. The molecule has 1 unspecified atom stereocenters. The van der Waals surface area contributed by atoms with Crippen LogP contribution in [0.4, 0.5) is 4.39 Å². The summed E-state index contributed by atoms with van der Waals surface area (Å²) in [6, 6.07) is 0. The highest BCUT2D eigenvalue weighted by Gasteiger charge is 2.28. The van der Waals surface area contributed by atoms with Crippen molar-refractivity contribution in [3.8, 4) is 12.8 Å². The van der Waals surface area contributed by atoms with E-state index >= 15 is 0 Å². The monoisotopic (exact) mass is 364 g/mol. The van der Waals surface area contributed by atoms with Crippen LogP contribution < -0.4 is 0 Å². The summed E-state index contributed by atoms with van der Waals surface area (Å²) < 4.78 is 12.7. The molecule has 0 aromatic heterocycles. The molecule has 0 radical (unpaired) electrons. The van der Waals surface area contributed by atoms with Crippen molar-refractivity contribution in [1.82, 2.24) is 0 Å². The molecule has 0 nitrogen and oxygen atoms in total. The molecule has 0 spiro atoms. The van der Waals surface area contributed by atoms with Gasteiger partial charge in [0.1, 0.15) is 6.67 Å². The molecule has 0 aliphatic heterocycles. The highest BCUT2D eigenvalue weighted by Crippen LogP contribution is 2.41. The first kappa shape index (κ1) is 22.4. The van der Waals surface area contributed by atoms with Crippen LogP contribution >= 0.6 is 9.24 Å². The quantitative estimate of drug-likeness (QED) is 0.250. The van der Waals surface area contributed by atoms with Crippen molar-refractivity contribution in [3.63, 3.8) is 0 Å². The molecular weight excluding hydrogens is 326 g/mol. The zero-order valence-corrected chi connectivity index (χ0v) is 17.3. The van der Waals surface area contributed by atoms with Crippen LogP contribution in [0, 0.1) is 30.6 Å². The van der Waals surface area contributed by atoms with Crippen LogP contribution in [0.1, 0.15) is 84.0 Å². The number of halogens is 1. The van der Waals surface area contributed by atoms with E-state index in [1.54, 1.807) is 6.08 Å². The number of rotatable bonds is 7. The predicted molar refractivity (Wildman–Crippen MR) is 113 cm³/mol. The highest BCUT2D eigenvalue weighted by molar-refractivity contribution is 7.22. The van der Waals surface area contributed by atoms with Crippen LogP contribution in [0.3, 0.4) is 0 Å². The lowest BCUT2D eigenvalue weighted by atomic mass is 9.70. The second-order valence-corrected chi connectivity index (χ2v) is 8.47. The van der Waals surface area contributed by atoms with E-state index in [1.165, 1.54) is 75.1 Å². The molecule has 1 atom stereocenters. The van der Waals surface area contributed by atoms with Gasteiger partial charge in [-0.15, -0.1) is 22.1 Å². The summed E-state index contributed by atoms with van der Waals surface area (Å²) in [5.41, 5.74) is 1.20. The standard InChI is InChI=1S/C21H36FP.C2H2/c1-2-21(23)16-18(14-15-22)9-8-17-10-12-20(13-11-17)19-6-4-3-5-7-19;1-2/h14,16-17,19-20H,2-13,15,23H2,1H3;1-2H/b18-14-,21-16+;. The Hall–Kier alpha value is -0.600. The van der Waals surface area contributed by atoms with Crippen LogP contribution in [0.5, 0.6) is 0 Å². The van der Waals surface area contributed by atoms with Crippen molar-refractivity contribution in [2.24, 2.45) is 17.8 Å². The maximum atomic E-state index is 12.7. The van der Waals surface area contributed by atoms with E-state index in [1.807, 2.05) is 0 Å². The zero-order valence-electron chi connectivity index (χ0n) is 16.2. The van der Waals surface area contributed by atoms with Crippen molar-refractivity contribution < 1.29 is 4.39 Å². The molecule has 2 heteroatoms. The third-order valence-electron chi connectivity index (χ3n) is 6.17. The average Bonchev–Trinajstić information content (AvgIpc) is 2.69. The summed E-state index contributed by atoms with van der Waals surface area (Å²) in [5, 5.41) is 1.28. The summed E-state index contributed by atoms with van der Waals surface area (Å²) in [7, 11) is 2.78. The molecule has 2 aliphatic carbocycles. The molecule has 0 saturated heterocycles. The van der Waals surface area contributed by atoms with Gasteiger partial charge < -0.3 is 0 Å². The van der Waals surface area contributed by atoms with Gasteiger partial charge in [0.15, 0.2) is 0 Å². The van der Waals surface area contributed by atoms with Gasteiger partial charge in [0.05, 0.1) is 0 Å². The number of terminal acetylenes is 1. The van der Waals surface area contributed by atoms with Crippen LogP contribution in [-0.2, 0) is 0 Å². The molecule has 0 amide bonds. The number of hydrogen-bond acceptors (Lipinski definition) is 0. The fourth-order valence-corrected chi connectivity index (χ4v) is 4.81. The molecule has 2 rings (SSSR count). The van der Waals surface area contributed by atoms with E-state index in [0.717, 1.165) is 30.6 Å². The van der Waals surface area contributed by atoms with E-state index in [9.17, 15) is 4.39 Å². The molecule has 25 heavy (non-hydrogen) atoms. The molecular formula is C23H38FP. The van der Waals surface area contributed by atoms with Crippen molar-refractivity contribution in [2.75, 3.05) is 6.67 Å². The Morgan fingerprint density at radius 3 is 2.16 bits per heavy atom. The van der Waals surface area contributed by atoms with Crippen molar-refractivity contribution >= 4 is 9.24 Å². The van der Waals surface area contributed by atoms with Crippen LogP contribution in [0.15, 0.2) is 23.0 Å². The summed E-state index contributed by atoms with van der Waals surface area (Å²) in [6.07, 6.45) is 28.4. The van der Waals surface area contributed by atoms with E-state index in [4.69, 9.17) is 0 Å². The molecule has 0 N–H and O–H groups in total. The molecule has 142 valence electrons. The summed E-state index contributed by atoms with van der Waals surface area (Å²) in [5.74, 6) is 2.94. The van der Waals surface area contributed by atoms with Crippen molar-refractivity contribution in [3.05, 3.63) is 23.0 Å². The van der Waals surface area contributed by atoms with Crippen molar-refractivity contribution in [1.29, 1.82) is 0 Å². The van der Waals surface area contributed by atoms with Crippen LogP contribution in [-0.4, -0.2) is 6.67 Å². The molecule has 2 aliphatic rings. The van der Waals surface area contributed by atoms with Gasteiger partial charge in [0.25, 0.3) is 0 Å². The van der Waals surface area contributed by atoms with Gasteiger partial charge in [-0.25, -0.2) is 4.39 Å². The maximum Gasteiger partial charge on any atom is 0.108 e. The topological polar surface area (TPSA) is 0 Å². The maximum absolute atomic E-state index is 12.7. The predicted octanol–water partition coefficient (Wildman–Crippen LogP) is 7.47. The van der Waals surface area contributed by atoms with Gasteiger partial charge in [-0.05, 0) is 55.4 Å².